The molecule has 0 bridgehead atoms. The first-order valence-corrected chi connectivity index (χ1v) is 7.87. The van der Waals surface area contributed by atoms with Crippen molar-refractivity contribution in [1.29, 1.82) is 0 Å². The molecule has 1 aromatic carbocycles. The normalized spacial score (nSPS) is 11.3. The van der Waals surface area contributed by atoms with Crippen molar-refractivity contribution >= 4 is 38.3 Å². The lowest BCUT2D eigenvalue weighted by molar-refractivity contribution is -0.139. The van der Waals surface area contributed by atoms with Crippen LogP contribution in [-0.4, -0.2) is 31.7 Å². The zero-order valence-corrected chi connectivity index (χ0v) is 12.2. The second kappa shape index (κ2) is 5.96. The van der Waals surface area contributed by atoms with E-state index in [1.807, 2.05) is 0 Å². The Kier molecular flexibility index (Phi) is 4.27. The molecule has 0 fully saturated rings. The number of aromatic nitrogens is 1. The highest BCUT2D eigenvalue weighted by atomic mass is 32.2. The predicted octanol–water partition coefficient (Wildman–Crippen LogP) is 1.12. The van der Waals surface area contributed by atoms with Crippen LogP contribution in [-0.2, 0) is 19.6 Å². The third-order valence-electron chi connectivity index (χ3n) is 2.68. The zero-order valence-electron chi connectivity index (χ0n) is 11.4. The molecular weight excluding hydrogens is 294 g/mol. The summed E-state index contributed by atoms with van der Waals surface area (Å²) in [6.45, 7) is 1.74. The van der Waals surface area contributed by atoms with Gasteiger partial charge in [-0.05, 0) is 31.2 Å². The summed E-state index contributed by atoms with van der Waals surface area (Å²) in [7, 11) is -3.85. The average molecular weight is 309 g/mol. The molecule has 0 radical (unpaired) electrons. The summed E-state index contributed by atoms with van der Waals surface area (Å²) in [6, 6.07) is 6.45. The quantitative estimate of drug-likeness (QED) is 0.632. The molecule has 2 rings (SSSR count). The highest BCUT2D eigenvalue weighted by Crippen LogP contribution is 2.27. The molecule has 1 heterocycles. The number of carbonyl (C=O) groups is 1. The maximum atomic E-state index is 12.0. The molecule has 7 nitrogen and oxygen atoms in total. The Hall–Kier alpha value is -2.35. The third kappa shape index (κ3) is 3.60. The maximum Gasteiger partial charge on any atom is 0.323 e. The number of fused-ring (bicyclic) bond motifs is 1. The van der Waals surface area contributed by atoms with E-state index in [1.54, 1.807) is 31.3 Å². The average Bonchev–Trinajstić information content (AvgIpc) is 2.42. The summed E-state index contributed by atoms with van der Waals surface area (Å²) < 4.78 is 30.9. The van der Waals surface area contributed by atoms with E-state index in [0.717, 1.165) is 0 Å². The maximum absolute atomic E-state index is 12.0. The molecule has 21 heavy (non-hydrogen) atoms. The molecule has 0 amide bonds. The van der Waals surface area contributed by atoms with Crippen LogP contribution in [0.15, 0.2) is 30.5 Å². The fourth-order valence-electron chi connectivity index (χ4n) is 1.84. The van der Waals surface area contributed by atoms with Crippen molar-refractivity contribution in [1.82, 2.24) is 4.98 Å². The van der Waals surface area contributed by atoms with Crippen molar-refractivity contribution in [3.8, 4) is 0 Å². The minimum absolute atomic E-state index is 0.128. The van der Waals surface area contributed by atoms with Crippen molar-refractivity contribution in [2.75, 3.05) is 22.8 Å². The topological polar surface area (TPSA) is 111 Å². The number of carbonyl (C=O) groups excluding carboxylic acids is 1. The Morgan fingerprint density at radius 3 is 2.86 bits per heavy atom. The number of hydrogen-bond acceptors (Lipinski definition) is 6. The molecular formula is C13H15N3O4S. The second-order valence-electron chi connectivity index (χ2n) is 4.27. The Bertz CT molecular complexity index is 774. The van der Waals surface area contributed by atoms with Gasteiger partial charge in [-0.25, -0.2) is 8.42 Å². The number of benzene rings is 1. The molecule has 0 atom stereocenters. The van der Waals surface area contributed by atoms with Gasteiger partial charge in [0.15, 0.2) is 5.75 Å². The summed E-state index contributed by atoms with van der Waals surface area (Å²) in [5.41, 5.74) is 7.05. The van der Waals surface area contributed by atoms with Crippen LogP contribution in [0.25, 0.3) is 10.9 Å². The lowest BCUT2D eigenvalue weighted by Gasteiger charge is -2.11. The first kappa shape index (κ1) is 15.0. The lowest BCUT2D eigenvalue weighted by Crippen LogP contribution is -2.24. The second-order valence-corrected chi connectivity index (χ2v) is 5.99. The van der Waals surface area contributed by atoms with Gasteiger partial charge < -0.3 is 10.5 Å². The molecule has 0 unspecified atom stereocenters. The van der Waals surface area contributed by atoms with Gasteiger partial charge in [0.05, 0.1) is 23.5 Å². The van der Waals surface area contributed by atoms with Crippen LogP contribution >= 0.6 is 0 Å². The number of nitrogens with zero attached hydrogens (tertiary/aromatic N) is 1. The molecule has 0 aliphatic rings. The third-order valence-corrected chi connectivity index (χ3v) is 3.83. The van der Waals surface area contributed by atoms with Gasteiger partial charge in [0.2, 0.25) is 10.0 Å². The SMILES string of the molecule is CCOC(=O)CS(=O)(=O)Nc1ccc(N)c2ncccc12. The molecule has 0 aliphatic carbocycles. The minimum Gasteiger partial charge on any atom is -0.465 e. The van der Waals surface area contributed by atoms with Crippen molar-refractivity contribution in [3.63, 3.8) is 0 Å². The summed E-state index contributed by atoms with van der Waals surface area (Å²) in [5, 5.41) is 0.560. The van der Waals surface area contributed by atoms with Gasteiger partial charge in [0, 0.05) is 11.6 Å². The summed E-state index contributed by atoms with van der Waals surface area (Å²) in [4.78, 5) is 15.4. The van der Waals surface area contributed by atoms with E-state index in [2.05, 4.69) is 14.4 Å². The number of sulfonamides is 1. The van der Waals surface area contributed by atoms with Crippen LogP contribution in [0.5, 0.6) is 0 Å². The van der Waals surface area contributed by atoms with Crippen LogP contribution in [0.3, 0.4) is 0 Å². The van der Waals surface area contributed by atoms with Crippen LogP contribution in [0.1, 0.15) is 6.92 Å². The lowest BCUT2D eigenvalue weighted by atomic mass is 10.1. The fraction of sp³-hybridized carbons (Fsp3) is 0.231. The molecule has 3 N–H and O–H groups in total. The number of nitrogens with two attached hydrogens (primary N) is 1. The van der Waals surface area contributed by atoms with Crippen molar-refractivity contribution < 1.29 is 17.9 Å². The number of pyridine rings is 1. The predicted molar refractivity (Wildman–Crippen MR) is 80.2 cm³/mol. The van der Waals surface area contributed by atoms with Crippen molar-refractivity contribution in [2.45, 2.75) is 6.92 Å². The number of esters is 1. The Balaban J connectivity index is 2.32. The molecule has 8 heteroatoms. The van der Waals surface area contributed by atoms with Gasteiger partial charge in [0.1, 0.15) is 0 Å². The van der Waals surface area contributed by atoms with E-state index in [-0.39, 0.29) is 6.61 Å². The van der Waals surface area contributed by atoms with Crippen LogP contribution in [0, 0.1) is 0 Å². The highest BCUT2D eigenvalue weighted by Gasteiger charge is 2.18. The standard InChI is InChI=1S/C13H15N3O4S/c1-2-20-12(17)8-21(18,19)16-11-6-5-10(14)13-9(11)4-3-7-15-13/h3-7,16H,2,8,14H2,1H3. The van der Waals surface area contributed by atoms with Gasteiger partial charge in [0.25, 0.3) is 0 Å². The molecule has 112 valence electrons. The van der Waals surface area contributed by atoms with E-state index in [0.29, 0.717) is 22.3 Å². The number of ether oxygens (including phenoxy) is 1. The smallest absolute Gasteiger partial charge is 0.323 e. The summed E-state index contributed by atoms with van der Waals surface area (Å²) in [6.07, 6.45) is 1.57. The van der Waals surface area contributed by atoms with Crippen LogP contribution < -0.4 is 10.5 Å². The Labute approximate surface area is 122 Å². The minimum atomic E-state index is -3.85. The molecule has 0 saturated carbocycles. The van der Waals surface area contributed by atoms with Gasteiger partial charge in [-0.3, -0.25) is 14.5 Å². The number of hydrogen-bond donors (Lipinski definition) is 2. The van der Waals surface area contributed by atoms with E-state index in [4.69, 9.17) is 5.73 Å². The van der Waals surface area contributed by atoms with Gasteiger partial charge in [-0.2, -0.15) is 0 Å². The number of nitrogen functional groups attached to an aromatic ring is 1. The number of anilines is 2. The molecule has 0 saturated heterocycles. The Morgan fingerprint density at radius 1 is 1.38 bits per heavy atom. The molecule has 2 aromatic rings. The van der Waals surface area contributed by atoms with Gasteiger partial charge in [-0.1, -0.05) is 0 Å². The number of nitrogens with one attached hydrogen (secondary N) is 1. The fourth-order valence-corrected chi connectivity index (χ4v) is 2.82. The van der Waals surface area contributed by atoms with E-state index < -0.39 is 21.7 Å². The summed E-state index contributed by atoms with van der Waals surface area (Å²) >= 11 is 0. The summed E-state index contributed by atoms with van der Waals surface area (Å²) in [5.74, 6) is -1.55. The number of rotatable bonds is 5. The van der Waals surface area contributed by atoms with Crippen molar-refractivity contribution in [2.24, 2.45) is 0 Å². The highest BCUT2D eigenvalue weighted by molar-refractivity contribution is 7.93. The molecule has 1 aromatic heterocycles. The zero-order chi connectivity index (χ0) is 15.5. The van der Waals surface area contributed by atoms with E-state index in [1.165, 1.54) is 6.07 Å². The van der Waals surface area contributed by atoms with Crippen molar-refractivity contribution in [3.05, 3.63) is 30.5 Å². The molecule has 0 spiro atoms. The van der Waals surface area contributed by atoms with Crippen LogP contribution in [0.2, 0.25) is 0 Å². The monoisotopic (exact) mass is 309 g/mol. The first-order valence-electron chi connectivity index (χ1n) is 6.22. The van der Waals surface area contributed by atoms with E-state index >= 15 is 0 Å². The van der Waals surface area contributed by atoms with Gasteiger partial charge in [-0.15, -0.1) is 0 Å². The van der Waals surface area contributed by atoms with Gasteiger partial charge >= 0.3 is 5.97 Å². The largest absolute Gasteiger partial charge is 0.465 e. The first-order chi connectivity index (χ1) is 9.93. The van der Waals surface area contributed by atoms with E-state index in [9.17, 15) is 13.2 Å². The molecule has 0 aliphatic heterocycles. The van der Waals surface area contributed by atoms with Crippen LogP contribution in [0.4, 0.5) is 11.4 Å². The Morgan fingerprint density at radius 2 is 2.14 bits per heavy atom.